The predicted octanol–water partition coefficient (Wildman–Crippen LogP) is 1.86. The molecule has 7 bridgehead atoms. The second-order valence-electron chi connectivity index (χ2n) is 13.9. The van der Waals surface area contributed by atoms with Crippen molar-refractivity contribution < 1.29 is 38.7 Å². The second-order valence-corrected chi connectivity index (χ2v) is 13.9. The zero-order chi connectivity index (χ0) is 29.8. The summed E-state index contributed by atoms with van der Waals surface area (Å²) in [5.74, 6) is -0.498. The molecule has 5 aliphatic carbocycles. The lowest BCUT2D eigenvalue weighted by atomic mass is 9.42. The minimum absolute atomic E-state index is 0.0206. The molecule has 10 heteroatoms. The van der Waals surface area contributed by atoms with Crippen LogP contribution in [0.3, 0.4) is 0 Å². The maximum absolute atomic E-state index is 13.8. The Hall–Kier alpha value is -1.79. The molecular formula is C32H46N2O8. The van der Waals surface area contributed by atoms with E-state index >= 15 is 0 Å². The predicted molar refractivity (Wildman–Crippen MR) is 153 cm³/mol. The number of likely N-dealkylation sites (N-methyl/N-ethyl adjacent to an activating group) is 1. The zero-order valence-corrected chi connectivity index (χ0v) is 25.3. The fourth-order valence-corrected chi connectivity index (χ4v) is 12.1. The number of ether oxygens (including phenoxy) is 5. The minimum atomic E-state index is -1.64. The van der Waals surface area contributed by atoms with Gasteiger partial charge in [0, 0.05) is 64.6 Å². The molecular weight excluding hydrogens is 540 g/mol. The molecule has 7 rings (SSSR count). The number of para-hydroxylation sites is 2. The van der Waals surface area contributed by atoms with Crippen LogP contribution in [0.4, 0.5) is 5.69 Å². The molecule has 6 fully saturated rings. The largest absolute Gasteiger partial charge is 0.424 e. The van der Waals surface area contributed by atoms with Gasteiger partial charge < -0.3 is 39.6 Å². The van der Waals surface area contributed by atoms with Crippen LogP contribution in [-0.4, -0.2) is 104 Å². The SMILES string of the molecule is CCN1CC2(CC(=O)Oc3ccccc3N)CCC(OC)C34C5CC6C(OC)CC(O)(C5C6OC)C(O)(C(OC)C23)C14. The van der Waals surface area contributed by atoms with Crippen molar-refractivity contribution in [2.45, 2.75) is 80.7 Å². The van der Waals surface area contributed by atoms with Gasteiger partial charge in [0.1, 0.15) is 11.2 Å². The highest BCUT2D eigenvalue weighted by molar-refractivity contribution is 5.75. The van der Waals surface area contributed by atoms with Crippen LogP contribution in [0.1, 0.15) is 39.0 Å². The van der Waals surface area contributed by atoms with Crippen molar-refractivity contribution in [2.24, 2.45) is 34.5 Å². The molecule has 10 nitrogen and oxygen atoms in total. The van der Waals surface area contributed by atoms with Crippen LogP contribution in [0, 0.1) is 34.5 Å². The van der Waals surface area contributed by atoms with E-state index in [0.717, 1.165) is 12.8 Å². The van der Waals surface area contributed by atoms with Gasteiger partial charge in [-0.25, -0.2) is 0 Å². The fourth-order valence-electron chi connectivity index (χ4n) is 12.1. The monoisotopic (exact) mass is 586 g/mol. The normalized spacial score (nSPS) is 50.1. The number of carbonyl (C=O) groups excluding carboxylic acids is 1. The Morgan fingerprint density at radius 3 is 2.50 bits per heavy atom. The molecule has 0 aromatic heterocycles. The summed E-state index contributed by atoms with van der Waals surface area (Å²) in [6.07, 6.45) is 1.27. The van der Waals surface area contributed by atoms with Crippen molar-refractivity contribution in [3.63, 3.8) is 0 Å². The Kier molecular flexibility index (Phi) is 6.62. The molecule has 1 aromatic rings. The first-order valence-corrected chi connectivity index (χ1v) is 15.5. The third kappa shape index (κ3) is 3.17. The minimum Gasteiger partial charge on any atom is -0.424 e. The van der Waals surface area contributed by atoms with Gasteiger partial charge in [-0.15, -0.1) is 0 Å². The topological polar surface area (TPSA) is 133 Å². The average molecular weight is 587 g/mol. The van der Waals surface area contributed by atoms with Crippen molar-refractivity contribution in [3.05, 3.63) is 24.3 Å². The van der Waals surface area contributed by atoms with E-state index < -0.39 is 34.2 Å². The van der Waals surface area contributed by atoms with E-state index in [1.807, 2.05) is 6.07 Å². The molecule has 13 unspecified atom stereocenters. The molecule has 0 amide bonds. The lowest BCUT2D eigenvalue weighted by molar-refractivity contribution is -0.319. The van der Waals surface area contributed by atoms with Crippen LogP contribution >= 0.6 is 0 Å². The van der Waals surface area contributed by atoms with Crippen LogP contribution in [0.5, 0.6) is 5.75 Å². The van der Waals surface area contributed by atoms with Gasteiger partial charge in [0.05, 0.1) is 42.6 Å². The number of nitrogen functional groups attached to an aromatic ring is 1. The second kappa shape index (κ2) is 9.60. The molecule has 0 radical (unpaired) electrons. The molecule has 5 saturated carbocycles. The van der Waals surface area contributed by atoms with Gasteiger partial charge in [0.15, 0.2) is 5.75 Å². The molecule has 1 aliphatic heterocycles. The third-order valence-corrected chi connectivity index (χ3v) is 12.9. The van der Waals surface area contributed by atoms with E-state index in [1.165, 1.54) is 0 Å². The van der Waals surface area contributed by atoms with E-state index in [0.29, 0.717) is 37.4 Å². The summed E-state index contributed by atoms with van der Waals surface area (Å²) in [7, 11) is 6.78. The van der Waals surface area contributed by atoms with E-state index in [9.17, 15) is 15.0 Å². The Morgan fingerprint density at radius 2 is 1.86 bits per heavy atom. The molecule has 232 valence electrons. The first-order chi connectivity index (χ1) is 20.1. The molecule has 6 aliphatic rings. The van der Waals surface area contributed by atoms with E-state index in [4.69, 9.17) is 29.4 Å². The average Bonchev–Trinajstić information content (AvgIpc) is 3.39. The Balaban J connectivity index is 1.42. The highest BCUT2D eigenvalue weighted by Gasteiger charge is 2.91. The van der Waals surface area contributed by atoms with Crippen LogP contribution in [0.25, 0.3) is 0 Å². The first kappa shape index (κ1) is 29.0. The smallest absolute Gasteiger partial charge is 0.311 e. The molecule has 42 heavy (non-hydrogen) atoms. The van der Waals surface area contributed by atoms with Crippen molar-refractivity contribution in [1.82, 2.24) is 4.90 Å². The van der Waals surface area contributed by atoms with Gasteiger partial charge in [0.25, 0.3) is 0 Å². The molecule has 1 heterocycles. The van der Waals surface area contributed by atoms with Crippen molar-refractivity contribution in [3.8, 4) is 5.75 Å². The summed E-state index contributed by atoms with van der Waals surface area (Å²) in [5.41, 5.74) is 2.24. The van der Waals surface area contributed by atoms with Crippen LogP contribution in [-0.2, 0) is 23.7 Å². The highest BCUT2D eigenvalue weighted by atomic mass is 16.5. The number of hydrogen-bond donors (Lipinski definition) is 3. The summed E-state index contributed by atoms with van der Waals surface area (Å²) in [6.45, 7) is 3.33. The van der Waals surface area contributed by atoms with Crippen molar-refractivity contribution in [1.29, 1.82) is 0 Å². The number of nitrogens with two attached hydrogens (primary N) is 1. The number of anilines is 1. The first-order valence-electron chi connectivity index (χ1n) is 15.5. The van der Waals surface area contributed by atoms with Crippen molar-refractivity contribution in [2.75, 3.05) is 47.3 Å². The van der Waals surface area contributed by atoms with E-state index in [2.05, 4.69) is 11.8 Å². The summed E-state index contributed by atoms with van der Waals surface area (Å²) < 4.78 is 30.8. The summed E-state index contributed by atoms with van der Waals surface area (Å²) in [4.78, 5) is 16.1. The number of methoxy groups -OCH3 is 4. The quantitative estimate of drug-likeness (QED) is 0.236. The molecule has 1 saturated heterocycles. The van der Waals surface area contributed by atoms with Crippen molar-refractivity contribution >= 4 is 11.7 Å². The maximum Gasteiger partial charge on any atom is 0.311 e. The number of aliphatic hydroxyl groups is 2. The summed E-state index contributed by atoms with van der Waals surface area (Å²) >= 11 is 0. The standard InChI is InChI=1S/C32H46N2O8/c1-6-34-16-29(15-23(35)42-20-10-8-7-9-19(20)33)12-11-22(39-3)31-18-13-17-21(38-2)14-30(36,24(18)25(17)40-4)32(37,28(31)34)27(41-5)26(29)31/h7-10,17-18,21-22,24-28,36-37H,6,11-16,33H2,1-5H3. The molecule has 13 atom stereocenters. The number of hydrogen-bond acceptors (Lipinski definition) is 10. The number of fused-ring (bicyclic) bond motifs is 2. The summed E-state index contributed by atoms with van der Waals surface area (Å²) in [5, 5.41) is 26.3. The number of benzene rings is 1. The van der Waals surface area contributed by atoms with Gasteiger partial charge in [-0.2, -0.15) is 0 Å². The number of nitrogens with zero attached hydrogens (tertiary/aromatic N) is 1. The lowest BCUT2D eigenvalue weighted by Gasteiger charge is -2.70. The van der Waals surface area contributed by atoms with E-state index in [-0.39, 0.29) is 54.4 Å². The van der Waals surface area contributed by atoms with Gasteiger partial charge in [0.2, 0.25) is 0 Å². The van der Waals surface area contributed by atoms with Crippen LogP contribution in [0.15, 0.2) is 24.3 Å². The number of esters is 1. The maximum atomic E-state index is 13.8. The number of carbonyl (C=O) groups is 1. The molecule has 4 N–H and O–H groups in total. The summed E-state index contributed by atoms with van der Waals surface area (Å²) in [6, 6.07) is 6.62. The Labute approximate surface area is 247 Å². The number of likely N-dealkylation sites (tertiary alicyclic amines) is 1. The number of rotatable bonds is 8. The van der Waals surface area contributed by atoms with Gasteiger partial charge in [-0.1, -0.05) is 19.1 Å². The van der Waals surface area contributed by atoms with E-state index in [1.54, 1.807) is 46.6 Å². The van der Waals surface area contributed by atoms with Gasteiger partial charge in [-0.3, -0.25) is 9.69 Å². The molecule has 1 aromatic carbocycles. The van der Waals surface area contributed by atoms with Gasteiger partial charge in [-0.05, 0) is 49.3 Å². The third-order valence-electron chi connectivity index (χ3n) is 12.9. The van der Waals surface area contributed by atoms with Gasteiger partial charge >= 0.3 is 5.97 Å². The zero-order valence-electron chi connectivity index (χ0n) is 25.3. The highest BCUT2D eigenvalue weighted by Crippen LogP contribution is 2.81. The molecule has 1 spiro atoms. The Bertz CT molecular complexity index is 1250. The fraction of sp³-hybridized carbons (Fsp3) is 0.781. The Morgan fingerprint density at radius 1 is 1.10 bits per heavy atom. The van der Waals surface area contributed by atoms with Crippen LogP contribution < -0.4 is 10.5 Å². The van der Waals surface area contributed by atoms with Crippen LogP contribution in [0.2, 0.25) is 0 Å². The number of piperidine rings is 1. The lowest BCUT2D eigenvalue weighted by Crippen LogP contribution is -2.82.